The summed E-state index contributed by atoms with van der Waals surface area (Å²) in [5, 5.41) is 27.6. The first-order valence-corrected chi connectivity index (χ1v) is 13.4. The molecule has 3 aromatic carbocycles. The SMILES string of the molecule is CC(N[C@@H](c1cccc(Nc2ccccn2)c1)C(C)(C)C#N)C(Cc1ccc(Cl)cc1)c1cccc(C#N)c1. The highest BCUT2D eigenvalue weighted by Gasteiger charge is 2.34. The van der Waals surface area contributed by atoms with Gasteiger partial charge in [-0.25, -0.2) is 4.98 Å². The number of anilines is 2. The van der Waals surface area contributed by atoms with Crippen molar-refractivity contribution < 1.29 is 0 Å². The molecule has 4 aromatic rings. The summed E-state index contributed by atoms with van der Waals surface area (Å²) >= 11 is 6.15. The van der Waals surface area contributed by atoms with E-state index in [4.69, 9.17) is 11.6 Å². The molecule has 0 radical (unpaired) electrons. The predicted molar refractivity (Wildman–Crippen MR) is 158 cm³/mol. The molecule has 2 unspecified atom stereocenters. The van der Waals surface area contributed by atoms with Gasteiger partial charge in [-0.1, -0.05) is 54.1 Å². The van der Waals surface area contributed by atoms with Crippen LogP contribution in [0.5, 0.6) is 0 Å². The molecule has 3 atom stereocenters. The van der Waals surface area contributed by atoms with Gasteiger partial charge in [-0.05, 0) is 92.4 Å². The largest absolute Gasteiger partial charge is 0.340 e. The van der Waals surface area contributed by atoms with Crippen LogP contribution < -0.4 is 10.6 Å². The Bertz CT molecular complexity index is 1470. The first-order valence-electron chi connectivity index (χ1n) is 13.0. The highest BCUT2D eigenvalue weighted by atomic mass is 35.5. The molecule has 5 nitrogen and oxygen atoms in total. The number of hydrogen-bond acceptors (Lipinski definition) is 5. The summed E-state index contributed by atoms with van der Waals surface area (Å²) in [6.07, 6.45) is 2.50. The summed E-state index contributed by atoms with van der Waals surface area (Å²) in [5.74, 6) is 0.804. The summed E-state index contributed by atoms with van der Waals surface area (Å²) in [6.45, 7) is 6.07. The van der Waals surface area contributed by atoms with Gasteiger partial charge in [0.1, 0.15) is 5.82 Å². The Balaban J connectivity index is 1.67. The first kappa shape index (κ1) is 27.9. The molecule has 0 aliphatic heterocycles. The molecular weight excluding hydrogens is 502 g/mol. The third-order valence-corrected chi connectivity index (χ3v) is 7.26. The zero-order valence-corrected chi connectivity index (χ0v) is 23.2. The standard InChI is InChI=1S/C33H32ClN5/c1-23(30(19-24-13-15-28(34)16-14-24)26-9-6-8-25(18-26)21-35)38-32(33(2,3)22-36)27-10-7-11-29(20-27)39-31-12-4-5-17-37-31/h4-18,20,23,30,32,38H,19H2,1-3H3,(H,37,39)/t23?,30?,32-/m0/s1. The quantitative estimate of drug-likeness (QED) is 0.216. The second kappa shape index (κ2) is 12.6. The minimum absolute atomic E-state index is 0.0281. The zero-order valence-electron chi connectivity index (χ0n) is 22.4. The van der Waals surface area contributed by atoms with Crippen molar-refractivity contribution >= 4 is 23.1 Å². The number of hydrogen-bond donors (Lipinski definition) is 2. The van der Waals surface area contributed by atoms with E-state index in [1.54, 1.807) is 6.20 Å². The van der Waals surface area contributed by atoms with Crippen LogP contribution in [0.3, 0.4) is 0 Å². The van der Waals surface area contributed by atoms with Crippen molar-refractivity contribution in [3.05, 3.63) is 124 Å². The average molecular weight is 534 g/mol. The van der Waals surface area contributed by atoms with Crippen LogP contribution in [0.15, 0.2) is 97.2 Å². The van der Waals surface area contributed by atoms with Gasteiger partial charge in [0.2, 0.25) is 0 Å². The van der Waals surface area contributed by atoms with Crippen LogP contribution in [-0.4, -0.2) is 11.0 Å². The zero-order chi connectivity index (χ0) is 27.8. The van der Waals surface area contributed by atoms with Crippen LogP contribution in [0.4, 0.5) is 11.5 Å². The van der Waals surface area contributed by atoms with Crippen molar-refractivity contribution in [2.24, 2.45) is 5.41 Å². The highest BCUT2D eigenvalue weighted by Crippen LogP contribution is 2.37. The van der Waals surface area contributed by atoms with Gasteiger partial charge >= 0.3 is 0 Å². The van der Waals surface area contributed by atoms with E-state index in [9.17, 15) is 10.5 Å². The molecule has 0 amide bonds. The number of pyridine rings is 1. The second-order valence-corrected chi connectivity index (χ2v) is 10.8. The van der Waals surface area contributed by atoms with Gasteiger partial charge in [-0.2, -0.15) is 10.5 Å². The molecule has 2 N–H and O–H groups in total. The molecule has 0 aliphatic carbocycles. The van der Waals surface area contributed by atoms with Crippen molar-refractivity contribution in [3.63, 3.8) is 0 Å². The lowest BCUT2D eigenvalue weighted by Crippen LogP contribution is -2.42. The molecule has 1 aromatic heterocycles. The maximum absolute atomic E-state index is 10.2. The van der Waals surface area contributed by atoms with E-state index < -0.39 is 5.41 Å². The van der Waals surface area contributed by atoms with Gasteiger partial charge in [-0.15, -0.1) is 0 Å². The van der Waals surface area contributed by atoms with Crippen LogP contribution in [0.1, 0.15) is 55.0 Å². The van der Waals surface area contributed by atoms with E-state index in [0.717, 1.165) is 34.6 Å². The molecule has 39 heavy (non-hydrogen) atoms. The van der Waals surface area contributed by atoms with Crippen molar-refractivity contribution in [3.8, 4) is 12.1 Å². The third-order valence-electron chi connectivity index (χ3n) is 7.01. The molecule has 0 fully saturated rings. The molecule has 0 aliphatic rings. The fraction of sp³-hybridized carbons (Fsp3) is 0.242. The number of nitriles is 2. The molecule has 0 saturated carbocycles. The summed E-state index contributed by atoms with van der Waals surface area (Å²) < 4.78 is 0. The Labute approximate surface area is 236 Å². The summed E-state index contributed by atoms with van der Waals surface area (Å²) in [7, 11) is 0. The van der Waals surface area contributed by atoms with Crippen LogP contribution in [-0.2, 0) is 6.42 Å². The molecule has 6 heteroatoms. The van der Waals surface area contributed by atoms with Crippen LogP contribution in [0, 0.1) is 28.1 Å². The topological polar surface area (TPSA) is 84.5 Å². The summed E-state index contributed by atoms with van der Waals surface area (Å²) in [4.78, 5) is 4.37. The Morgan fingerprint density at radius 3 is 2.33 bits per heavy atom. The minimum atomic E-state index is -0.697. The fourth-order valence-electron chi connectivity index (χ4n) is 4.84. The smallest absolute Gasteiger partial charge is 0.130 e. The van der Waals surface area contributed by atoms with Gasteiger partial charge < -0.3 is 10.6 Å². The summed E-state index contributed by atoms with van der Waals surface area (Å²) in [5.41, 5.74) is 4.06. The number of benzene rings is 3. The monoisotopic (exact) mass is 533 g/mol. The van der Waals surface area contributed by atoms with E-state index in [2.05, 4.69) is 52.9 Å². The van der Waals surface area contributed by atoms with E-state index >= 15 is 0 Å². The lowest BCUT2D eigenvalue weighted by Gasteiger charge is -2.36. The van der Waals surface area contributed by atoms with Gasteiger partial charge in [-0.3, -0.25) is 0 Å². The number of aromatic nitrogens is 1. The number of nitrogens with one attached hydrogen (secondary N) is 2. The molecule has 0 spiro atoms. The fourth-order valence-corrected chi connectivity index (χ4v) is 4.97. The predicted octanol–water partition coefficient (Wildman–Crippen LogP) is 7.95. The van der Waals surface area contributed by atoms with E-state index in [1.807, 2.05) is 86.6 Å². The average Bonchev–Trinajstić information content (AvgIpc) is 2.96. The number of halogens is 1. The van der Waals surface area contributed by atoms with E-state index in [-0.39, 0.29) is 18.0 Å². The van der Waals surface area contributed by atoms with Gasteiger partial charge in [0.05, 0.1) is 29.2 Å². The van der Waals surface area contributed by atoms with Gasteiger partial charge in [0.15, 0.2) is 0 Å². The molecule has 196 valence electrons. The first-order chi connectivity index (χ1) is 18.8. The normalized spacial score (nSPS) is 13.5. The molecule has 0 saturated heterocycles. The maximum atomic E-state index is 10.2. The number of rotatable bonds is 10. The van der Waals surface area contributed by atoms with Crippen LogP contribution >= 0.6 is 11.6 Å². The molecule has 1 heterocycles. The Kier molecular flexibility index (Phi) is 8.99. The van der Waals surface area contributed by atoms with Crippen molar-refractivity contribution in [1.82, 2.24) is 10.3 Å². The second-order valence-electron chi connectivity index (χ2n) is 10.4. The lowest BCUT2D eigenvalue weighted by atomic mass is 9.79. The lowest BCUT2D eigenvalue weighted by molar-refractivity contribution is 0.281. The Morgan fingerprint density at radius 2 is 1.64 bits per heavy atom. The van der Waals surface area contributed by atoms with E-state index in [0.29, 0.717) is 10.6 Å². The highest BCUT2D eigenvalue weighted by molar-refractivity contribution is 6.30. The van der Waals surface area contributed by atoms with Gasteiger partial charge in [0.25, 0.3) is 0 Å². The van der Waals surface area contributed by atoms with Crippen LogP contribution in [0.2, 0.25) is 5.02 Å². The van der Waals surface area contributed by atoms with E-state index in [1.165, 1.54) is 0 Å². The minimum Gasteiger partial charge on any atom is -0.340 e. The van der Waals surface area contributed by atoms with Crippen molar-refractivity contribution in [1.29, 1.82) is 10.5 Å². The Morgan fingerprint density at radius 1 is 0.897 bits per heavy atom. The summed E-state index contributed by atoms with van der Waals surface area (Å²) in [6, 6.07) is 34.0. The Hall–Kier alpha value is -4.16. The molecular formula is C33H32ClN5. The molecule has 4 rings (SSSR count). The van der Waals surface area contributed by atoms with Crippen molar-refractivity contribution in [2.75, 3.05) is 5.32 Å². The third kappa shape index (κ3) is 7.24. The van der Waals surface area contributed by atoms with Crippen LogP contribution in [0.25, 0.3) is 0 Å². The van der Waals surface area contributed by atoms with Crippen molar-refractivity contribution in [2.45, 2.75) is 45.2 Å². The van der Waals surface area contributed by atoms with Gasteiger partial charge in [0, 0.05) is 28.9 Å². The number of nitrogens with zero attached hydrogens (tertiary/aromatic N) is 3. The molecule has 0 bridgehead atoms. The maximum Gasteiger partial charge on any atom is 0.130 e.